The second kappa shape index (κ2) is 11.9. The van der Waals surface area contributed by atoms with Crippen LogP contribution in [0.1, 0.15) is 13.3 Å². The number of carbonyl (C=O) groups is 3. The molecule has 1 N–H and O–H groups in total. The van der Waals surface area contributed by atoms with Crippen LogP contribution in [-0.2, 0) is 19.1 Å². The van der Waals surface area contributed by atoms with E-state index in [0.29, 0.717) is 23.5 Å². The molecule has 0 fully saturated rings. The van der Waals surface area contributed by atoms with Crippen LogP contribution in [0.2, 0.25) is 0 Å². The first-order valence-corrected chi connectivity index (χ1v) is 8.01. The third-order valence-corrected chi connectivity index (χ3v) is 3.32. The van der Waals surface area contributed by atoms with E-state index in [9.17, 15) is 14.4 Å². The second-order valence-corrected chi connectivity index (χ2v) is 5.85. The van der Waals surface area contributed by atoms with E-state index in [1.165, 1.54) is 0 Å². The summed E-state index contributed by atoms with van der Waals surface area (Å²) >= 11 is 1.54. The maximum absolute atomic E-state index is 11.3. The Labute approximate surface area is 135 Å². The zero-order chi connectivity index (χ0) is 17.0. The van der Waals surface area contributed by atoms with Gasteiger partial charge in [0.2, 0.25) is 5.91 Å². The molecular formula is C14H24N2O5S. The van der Waals surface area contributed by atoms with Gasteiger partial charge in [0.25, 0.3) is 0 Å². The Morgan fingerprint density at radius 2 is 1.82 bits per heavy atom. The maximum Gasteiger partial charge on any atom is 0.407 e. The van der Waals surface area contributed by atoms with Crippen LogP contribution in [0.15, 0.2) is 12.2 Å². The van der Waals surface area contributed by atoms with Gasteiger partial charge in [0.05, 0.1) is 6.54 Å². The standard InChI is InChI=1S/C14H24N2O5S/c1-11(2)13(18)20-7-6-15-14(19)21-8-10-22-9-5-12(17)16(3)4/h1,5-10H2,2-4H3,(H,15,19). The van der Waals surface area contributed by atoms with Gasteiger partial charge in [0.1, 0.15) is 13.2 Å². The summed E-state index contributed by atoms with van der Waals surface area (Å²) in [6.45, 7) is 5.51. The molecule has 7 nitrogen and oxygen atoms in total. The lowest BCUT2D eigenvalue weighted by atomic mass is 10.4. The predicted octanol–water partition coefficient (Wildman–Crippen LogP) is 1.04. The normalized spacial score (nSPS) is 9.77. The number of esters is 1. The van der Waals surface area contributed by atoms with E-state index in [-0.39, 0.29) is 25.7 Å². The third kappa shape index (κ3) is 11.0. The lowest BCUT2D eigenvalue weighted by Gasteiger charge is -2.10. The highest BCUT2D eigenvalue weighted by Gasteiger charge is 2.05. The van der Waals surface area contributed by atoms with E-state index in [2.05, 4.69) is 11.9 Å². The van der Waals surface area contributed by atoms with Crippen LogP contribution < -0.4 is 5.32 Å². The fourth-order valence-electron chi connectivity index (χ4n) is 1.15. The first-order valence-electron chi connectivity index (χ1n) is 6.85. The van der Waals surface area contributed by atoms with Gasteiger partial charge in [-0.2, -0.15) is 11.8 Å². The molecule has 0 aromatic carbocycles. The van der Waals surface area contributed by atoms with Crippen molar-refractivity contribution in [3.63, 3.8) is 0 Å². The number of nitrogens with zero attached hydrogens (tertiary/aromatic N) is 1. The van der Waals surface area contributed by atoms with Gasteiger partial charge < -0.3 is 19.7 Å². The number of rotatable bonds is 10. The highest BCUT2D eigenvalue weighted by atomic mass is 32.2. The SMILES string of the molecule is C=C(C)C(=O)OCCNC(=O)OCCSCCC(=O)N(C)C. The van der Waals surface area contributed by atoms with Gasteiger partial charge in [0, 0.05) is 37.6 Å². The largest absolute Gasteiger partial charge is 0.460 e. The van der Waals surface area contributed by atoms with Crippen molar-refractivity contribution in [1.29, 1.82) is 0 Å². The Morgan fingerprint density at radius 3 is 2.41 bits per heavy atom. The van der Waals surface area contributed by atoms with E-state index in [0.717, 1.165) is 0 Å². The van der Waals surface area contributed by atoms with E-state index in [4.69, 9.17) is 9.47 Å². The van der Waals surface area contributed by atoms with Crippen molar-refractivity contribution in [2.75, 3.05) is 45.4 Å². The molecule has 0 rings (SSSR count). The van der Waals surface area contributed by atoms with Crippen molar-refractivity contribution in [2.45, 2.75) is 13.3 Å². The van der Waals surface area contributed by atoms with Crippen LogP contribution in [0.4, 0.5) is 4.79 Å². The van der Waals surface area contributed by atoms with Crippen LogP contribution in [0, 0.1) is 0 Å². The minimum Gasteiger partial charge on any atom is -0.460 e. The fraction of sp³-hybridized carbons (Fsp3) is 0.643. The minimum atomic E-state index is -0.559. The quantitative estimate of drug-likeness (QED) is 0.366. The number of thioether (sulfide) groups is 1. The molecule has 0 aromatic rings. The summed E-state index contributed by atoms with van der Waals surface area (Å²) in [7, 11) is 3.43. The van der Waals surface area contributed by atoms with Gasteiger partial charge in [-0.15, -0.1) is 0 Å². The Balaban J connectivity index is 3.45. The van der Waals surface area contributed by atoms with Gasteiger partial charge in [-0.25, -0.2) is 9.59 Å². The molecule has 126 valence electrons. The number of carbonyl (C=O) groups excluding carboxylic acids is 3. The van der Waals surface area contributed by atoms with Crippen molar-refractivity contribution in [3.8, 4) is 0 Å². The topological polar surface area (TPSA) is 84.9 Å². The van der Waals surface area contributed by atoms with Gasteiger partial charge in [-0.05, 0) is 6.92 Å². The number of alkyl carbamates (subject to hydrolysis) is 1. The number of hydrogen-bond acceptors (Lipinski definition) is 6. The Kier molecular flexibility index (Phi) is 11.0. The summed E-state index contributed by atoms with van der Waals surface area (Å²) in [6.07, 6.45) is -0.0888. The van der Waals surface area contributed by atoms with E-state index in [1.54, 1.807) is 37.7 Å². The summed E-state index contributed by atoms with van der Waals surface area (Å²) in [5.41, 5.74) is 0.312. The lowest BCUT2D eigenvalue weighted by molar-refractivity contribution is -0.138. The first kappa shape index (κ1) is 20.3. The van der Waals surface area contributed by atoms with Crippen molar-refractivity contribution in [2.24, 2.45) is 0 Å². The molecule has 0 unspecified atom stereocenters. The lowest BCUT2D eigenvalue weighted by Crippen LogP contribution is -2.29. The van der Waals surface area contributed by atoms with Crippen molar-refractivity contribution in [3.05, 3.63) is 12.2 Å². The molecule has 0 spiro atoms. The summed E-state index contributed by atoms with van der Waals surface area (Å²) in [4.78, 5) is 35.2. The molecule has 0 heterocycles. The highest BCUT2D eigenvalue weighted by molar-refractivity contribution is 7.99. The molecule has 0 aromatic heterocycles. The molecule has 0 aliphatic heterocycles. The monoisotopic (exact) mass is 332 g/mol. The summed E-state index contributed by atoms with van der Waals surface area (Å²) < 4.78 is 9.73. The average Bonchev–Trinajstić information content (AvgIpc) is 2.46. The molecule has 0 radical (unpaired) electrons. The molecule has 0 aliphatic rings. The molecular weight excluding hydrogens is 308 g/mol. The van der Waals surface area contributed by atoms with E-state index in [1.807, 2.05) is 0 Å². The number of nitrogens with one attached hydrogen (secondary N) is 1. The molecule has 22 heavy (non-hydrogen) atoms. The third-order valence-electron chi connectivity index (χ3n) is 2.37. The van der Waals surface area contributed by atoms with Crippen LogP contribution in [0.5, 0.6) is 0 Å². The summed E-state index contributed by atoms with van der Waals surface area (Å²) in [5, 5.41) is 2.46. The highest BCUT2D eigenvalue weighted by Crippen LogP contribution is 2.03. The molecule has 0 atom stereocenters. The molecule has 0 aliphatic carbocycles. The van der Waals surface area contributed by atoms with Gasteiger partial charge in [0.15, 0.2) is 0 Å². The van der Waals surface area contributed by atoms with E-state index >= 15 is 0 Å². The van der Waals surface area contributed by atoms with E-state index < -0.39 is 12.1 Å². The summed E-state index contributed by atoms with van der Waals surface area (Å²) in [6, 6.07) is 0. The number of amides is 2. The van der Waals surface area contributed by atoms with Crippen molar-refractivity contribution >= 4 is 29.7 Å². The molecule has 0 saturated carbocycles. The van der Waals surface area contributed by atoms with Gasteiger partial charge in [-0.3, -0.25) is 4.79 Å². The Bertz CT molecular complexity index is 399. The first-order chi connectivity index (χ1) is 10.3. The van der Waals surface area contributed by atoms with Crippen LogP contribution >= 0.6 is 11.8 Å². The van der Waals surface area contributed by atoms with Crippen LogP contribution in [0.25, 0.3) is 0 Å². The van der Waals surface area contributed by atoms with Crippen LogP contribution in [-0.4, -0.2) is 68.2 Å². The van der Waals surface area contributed by atoms with Crippen molar-refractivity contribution < 1.29 is 23.9 Å². The number of hydrogen-bond donors (Lipinski definition) is 1. The molecule has 0 bridgehead atoms. The van der Waals surface area contributed by atoms with Gasteiger partial charge >= 0.3 is 12.1 Å². The fourth-order valence-corrected chi connectivity index (χ4v) is 1.87. The predicted molar refractivity (Wildman–Crippen MR) is 85.8 cm³/mol. The molecule has 0 saturated heterocycles. The van der Waals surface area contributed by atoms with Crippen molar-refractivity contribution in [1.82, 2.24) is 10.2 Å². The minimum absolute atomic E-state index is 0.0716. The maximum atomic E-state index is 11.3. The molecule has 8 heteroatoms. The summed E-state index contributed by atoms with van der Waals surface area (Å²) in [5.74, 6) is 0.909. The van der Waals surface area contributed by atoms with Gasteiger partial charge in [-0.1, -0.05) is 6.58 Å². The second-order valence-electron chi connectivity index (χ2n) is 4.63. The zero-order valence-electron chi connectivity index (χ0n) is 13.3. The Morgan fingerprint density at radius 1 is 1.14 bits per heavy atom. The molecule has 2 amide bonds. The Hall–Kier alpha value is -1.70. The average molecular weight is 332 g/mol. The zero-order valence-corrected chi connectivity index (χ0v) is 14.2. The number of ether oxygens (including phenoxy) is 2. The van der Waals surface area contributed by atoms with Crippen LogP contribution in [0.3, 0.4) is 0 Å². The smallest absolute Gasteiger partial charge is 0.407 e.